The third kappa shape index (κ3) is 2.20. The Morgan fingerprint density at radius 3 is 2.72 bits per heavy atom. The minimum Gasteiger partial charge on any atom is -0.497 e. The van der Waals surface area contributed by atoms with Gasteiger partial charge in [-0.2, -0.15) is 0 Å². The lowest BCUT2D eigenvalue weighted by molar-refractivity contribution is -0.194. The normalized spacial score (nSPS) is 39.4. The monoisotopic (exact) mass is 394 g/mol. The van der Waals surface area contributed by atoms with Gasteiger partial charge < -0.3 is 14.2 Å². The summed E-state index contributed by atoms with van der Waals surface area (Å²) in [7, 11) is 1.74. The van der Waals surface area contributed by atoms with Crippen LogP contribution in [0.2, 0.25) is 0 Å². The number of fused-ring (bicyclic) bond motifs is 3. The van der Waals surface area contributed by atoms with Gasteiger partial charge in [0.15, 0.2) is 11.6 Å². The number of carbonyl (C=O) groups is 1. The summed E-state index contributed by atoms with van der Waals surface area (Å²) in [5.74, 6) is 1.88. The highest BCUT2D eigenvalue weighted by Crippen LogP contribution is 2.72. The van der Waals surface area contributed by atoms with Gasteiger partial charge in [-0.3, -0.25) is 4.79 Å². The Labute approximate surface area is 172 Å². The van der Waals surface area contributed by atoms with Crippen LogP contribution < -0.4 is 4.74 Å². The molecule has 4 aliphatic carbocycles. The van der Waals surface area contributed by atoms with Crippen molar-refractivity contribution in [3.63, 3.8) is 0 Å². The van der Waals surface area contributed by atoms with Crippen molar-refractivity contribution in [2.45, 2.75) is 63.6 Å². The van der Waals surface area contributed by atoms with E-state index in [1.807, 2.05) is 6.08 Å². The Balaban J connectivity index is 1.43. The highest BCUT2D eigenvalue weighted by atomic mass is 16.7. The van der Waals surface area contributed by atoms with Gasteiger partial charge in [0, 0.05) is 23.7 Å². The molecule has 2 spiro atoms. The van der Waals surface area contributed by atoms with Crippen molar-refractivity contribution < 1.29 is 19.0 Å². The van der Waals surface area contributed by atoms with E-state index in [-0.39, 0.29) is 10.8 Å². The van der Waals surface area contributed by atoms with Crippen molar-refractivity contribution in [2.75, 3.05) is 20.3 Å². The second-order valence-corrected chi connectivity index (χ2v) is 9.98. The van der Waals surface area contributed by atoms with Gasteiger partial charge in [0.2, 0.25) is 0 Å². The number of hydrogen-bond donors (Lipinski definition) is 0. The molecule has 29 heavy (non-hydrogen) atoms. The first-order chi connectivity index (χ1) is 14.0. The van der Waals surface area contributed by atoms with E-state index in [4.69, 9.17) is 14.2 Å². The van der Waals surface area contributed by atoms with Crippen LogP contribution >= 0.6 is 0 Å². The van der Waals surface area contributed by atoms with Crippen molar-refractivity contribution >= 4 is 5.78 Å². The smallest absolute Gasteiger partial charge is 0.172 e. The SMILES string of the molecule is COc1ccc2c(c1)CC[C@@H]1[C@@H]2CC[C@]2(C)C(=O)C=C3CC4(CC[C@@]312)OCCO4. The number of carbonyl (C=O) groups excluding carboxylic acids is 1. The second kappa shape index (κ2) is 5.95. The minimum absolute atomic E-state index is 0.0226. The standard InChI is InChI=1S/C25H30O4/c1-23-8-7-20-19-5-4-18(27-2)13-16(19)3-6-21(20)25(23)10-9-24(28-11-12-29-24)15-17(25)14-22(23)26/h4-5,13-14,20-21H,3,6-12,15H2,1-2H3/t20-,21-,23-,25-/m1/s1. The molecule has 4 atom stereocenters. The lowest BCUT2D eigenvalue weighted by Gasteiger charge is -2.61. The third-order valence-electron chi connectivity index (χ3n) is 9.13. The number of ketones is 1. The lowest BCUT2D eigenvalue weighted by Crippen LogP contribution is -2.56. The van der Waals surface area contributed by atoms with E-state index < -0.39 is 5.79 Å². The maximum absolute atomic E-state index is 13.3. The number of aryl methyl sites for hydroxylation is 1. The predicted octanol–water partition coefficient (Wildman–Crippen LogP) is 4.56. The number of rotatable bonds is 1. The Kier molecular flexibility index (Phi) is 3.72. The van der Waals surface area contributed by atoms with Crippen LogP contribution in [-0.2, 0) is 20.7 Å². The quantitative estimate of drug-likeness (QED) is 0.700. The summed E-state index contributed by atoms with van der Waals surface area (Å²) in [6.45, 7) is 3.60. The van der Waals surface area contributed by atoms with Crippen LogP contribution in [0.1, 0.15) is 62.5 Å². The maximum Gasteiger partial charge on any atom is 0.172 e. The number of ether oxygens (including phenoxy) is 3. The average Bonchev–Trinajstić information content (AvgIpc) is 3.28. The summed E-state index contributed by atoms with van der Waals surface area (Å²) in [5.41, 5.74) is 3.98. The Morgan fingerprint density at radius 1 is 1.10 bits per heavy atom. The first-order valence-electron chi connectivity index (χ1n) is 11.2. The Hall–Kier alpha value is -1.65. The van der Waals surface area contributed by atoms with Gasteiger partial charge in [-0.15, -0.1) is 0 Å². The molecule has 6 rings (SSSR count). The lowest BCUT2D eigenvalue weighted by atomic mass is 9.43. The molecule has 1 aromatic carbocycles. The molecule has 0 radical (unpaired) electrons. The summed E-state index contributed by atoms with van der Waals surface area (Å²) in [6, 6.07) is 6.63. The summed E-state index contributed by atoms with van der Waals surface area (Å²) in [6.07, 6.45) is 9.00. The minimum atomic E-state index is -0.477. The highest BCUT2D eigenvalue weighted by Gasteiger charge is 2.68. The van der Waals surface area contributed by atoms with Gasteiger partial charge in [-0.05, 0) is 73.3 Å². The number of hydrogen-bond acceptors (Lipinski definition) is 4. The van der Waals surface area contributed by atoms with E-state index in [9.17, 15) is 4.79 Å². The van der Waals surface area contributed by atoms with Crippen LogP contribution in [0.25, 0.3) is 0 Å². The van der Waals surface area contributed by atoms with Crippen LogP contribution in [0.3, 0.4) is 0 Å². The topological polar surface area (TPSA) is 44.8 Å². The Morgan fingerprint density at radius 2 is 1.93 bits per heavy atom. The molecule has 2 saturated carbocycles. The van der Waals surface area contributed by atoms with E-state index in [0.29, 0.717) is 30.8 Å². The summed E-state index contributed by atoms with van der Waals surface area (Å²) >= 11 is 0. The van der Waals surface area contributed by atoms with E-state index >= 15 is 0 Å². The number of allylic oxidation sites excluding steroid dienone is 1. The van der Waals surface area contributed by atoms with Crippen LogP contribution in [0.15, 0.2) is 29.8 Å². The molecule has 0 unspecified atom stereocenters. The molecule has 1 heterocycles. The fourth-order valence-electron chi connectivity index (χ4n) is 7.76. The van der Waals surface area contributed by atoms with Crippen LogP contribution in [0.5, 0.6) is 5.75 Å². The van der Waals surface area contributed by atoms with Crippen molar-refractivity contribution in [1.82, 2.24) is 0 Å². The third-order valence-corrected chi connectivity index (χ3v) is 9.13. The molecule has 4 heteroatoms. The van der Waals surface area contributed by atoms with Crippen LogP contribution in [0, 0.1) is 16.7 Å². The zero-order valence-corrected chi connectivity index (χ0v) is 17.5. The van der Waals surface area contributed by atoms with Crippen molar-refractivity contribution in [1.29, 1.82) is 0 Å². The Bertz CT molecular complexity index is 911. The van der Waals surface area contributed by atoms with Crippen LogP contribution in [-0.4, -0.2) is 31.9 Å². The van der Waals surface area contributed by atoms with E-state index in [1.54, 1.807) is 7.11 Å². The first-order valence-corrected chi connectivity index (χ1v) is 11.2. The molecular weight excluding hydrogens is 364 g/mol. The van der Waals surface area contributed by atoms with Gasteiger partial charge in [-0.1, -0.05) is 18.6 Å². The molecule has 4 nitrogen and oxygen atoms in total. The van der Waals surface area contributed by atoms with Gasteiger partial charge >= 0.3 is 0 Å². The molecule has 1 aromatic rings. The molecule has 3 fully saturated rings. The largest absolute Gasteiger partial charge is 0.497 e. The van der Waals surface area contributed by atoms with Crippen molar-refractivity contribution in [3.8, 4) is 5.75 Å². The first kappa shape index (κ1) is 18.1. The zero-order chi connectivity index (χ0) is 19.9. The molecule has 0 bridgehead atoms. The predicted molar refractivity (Wildman–Crippen MR) is 109 cm³/mol. The van der Waals surface area contributed by atoms with Crippen LogP contribution in [0.4, 0.5) is 0 Å². The molecule has 0 N–H and O–H groups in total. The molecule has 1 saturated heterocycles. The molecule has 0 amide bonds. The maximum atomic E-state index is 13.3. The van der Waals surface area contributed by atoms with E-state index in [1.165, 1.54) is 16.7 Å². The molecule has 5 aliphatic rings. The molecule has 0 aromatic heterocycles. The fraction of sp³-hybridized carbons (Fsp3) is 0.640. The van der Waals surface area contributed by atoms with Crippen molar-refractivity contribution in [2.24, 2.45) is 16.7 Å². The van der Waals surface area contributed by atoms with Gasteiger partial charge in [0.1, 0.15) is 5.75 Å². The van der Waals surface area contributed by atoms with Gasteiger partial charge in [-0.25, -0.2) is 0 Å². The van der Waals surface area contributed by atoms with Gasteiger partial charge in [0.05, 0.1) is 20.3 Å². The number of benzene rings is 1. The summed E-state index contributed by atoms with van der Waals surface area (Å²) in [5, 5.41) is 0. The average molecular weight is 395 g/mol. The highest BCUT2D eigenvalue weighted by molar-refractivity contribution is 6.00. The molecular formula is C25H30O4. The van der Waals surface area contributed by atoms with Gasteiger partial charge in [0.25, 0.3) is 0 Å². The molecule has 1 aliphatic heterocycles. The fourth-order valence-corrected chi connectivity index (χ4v) is 7.76. The number of methoxy groups -OCH3 is 1. The molecule has 154 valence electrons. The zero-order valence-electron chi connectivity index (χ0n) is 17.5. The van der Waals surface area contributed by atoms with Crippen molar-refractivity contribution in [3.05, 3.63) is 41.0 Å². The summed E-state index contributed by atoms with van der Waals surface area (Å²) < 4.78 is 17.6. The van der Waals surface area contributed by atoms with E-state index in [2.05, 4.69) is 25.1 Å². The second-order valence-electron chi connectivity index (χ2n) is 9.98. The summed E-state index contributed by atoms with van der Waals surface area (Å²) in [4.78, 5) is 13.3. The van der Waals surface area contributed by atoms with E-state index in [0.717, 1.165) is 50.7 Å².